The van der Waals surface area contributed by atoms with E-state index in [1.165, 1.54) is 0 Å². The van der Waals surface area contributed by atoms with Gasteiger partial charge in [0.2, 0.25) is 0 Å². The Morgan fingerprint density at radius 3 is 2.39 bits per heavy atom. The van der Waals surface area contributed by atoms with Gasteiger partial charge in [0.25, 0.3) is 0 Å². The predicted octanol–water partition coefficient (Wildman–Crippen LogP) is 2.55. The van der Waals surface area contributed by atoms with E-state index in [2.05, 4.69) is 0 Å². The third kappa shape index (κ3) is 4.37. The number of carboxylic acid groups (broad SMARTS) is 1. The van der Waals surface area contributed by atoms with E-state index in [1.807, 2.05) is 50.2 Å². The van der Waals surface area contributed by atoms with Crippen molar-refractivity contribution in [1.82, 2.24) is 4.90 Å². The number of benzene rings is 1. The second-order valence-electron chi connectivity index (χ2n) is 4.41. The van der Waals surface area contributed by atoms with Crippen LogP contribution in [-0.2, 0) is 4.79 Å². The van der Waals surface area contributed by atoms with Crippen LogP contribution in [0.2, 0.25) is 0 Å². The molecule has 0 saturated heterocycles. The Morgan fingerprint density at radius 2 is 1.94 bits per heavy atom. The number of carboxylic acids is 1. The van der Waals surface area contributed by atoms with Gasteiger partial charge in [-0.05, 0) is 45.1 Å². The van der Waals surface area contributed by atoms with E-state index in [0.29, 0.717) is 13.0 Å². The first-order valence-electron chi connectivity index (χ1n) is 6.15. The lowest BCUT2D eigenvalue weighted by atomic mass is 10.0. The minimum atomic E-state index is -0.757. The van der Waals surface area contributed by atoms with Crippen molar-refractivity contribution in [2.75, 3.05) is 20.7 Å². The Hall–Kier alpha value is -1.55. The number of ether oxygens (including phenoxy) is 1. The second kappa shape index (κ2) is 7.01. The van der Waals surface area contributed by atoms with Crippen LogP contribution in [0, 0.1) is 0 Å². The lowest BCUT2D eigenvalue weighted by molar-refractivity contribution is -0.137. The van der Waals surface area contributed by atoms with Crippen LogP contribution in [-0.4, -0.2) is 36.7 Å². The number of carbonyl (C=O) groups is 1. The Labute approximate surface area is 108 Å². The molecule has 0 amide bonds. The molecular formula is C14H21NO3. The van der Waals surface area contributed by atoms with Crippen molar-refractivity contribution >= 4 is 5.97 Å². The van der Waals surface area contributed by atoms with Crippen molar-refractivity contribution in [3.63, 3.8) is 0 Å². The SMILES string of the molecule is CCOc1ccc(C(CCC(=O)O)N(C)C)cc1. The van der Waals surface area contributed by atoms with Crippen molar-refractivity contribution in [1.29, 1.82) is 0 Å². The summed E-state index contributed by atoms with van der Waals surface area (Å²) in [6.45, 7) is 2.60. The minimum Gasteiger partial charge on any atom is -0.494 e. The van der Waals surface area contributed by atoms with E-state index >= 15 is 0 Å². The summed E-state index contributed by atoms with van der Waals surface area (Å²) in [6, 6.07) is 7.97. The molecule has 0 spiro atoms. The first-order valence-corrected chi connectivity index (χ1v) is 6.15. The summed E-state index contributed by atoms with van der Waals surface area (Å²) >= 11 is 0. The molecule has 1 atom stereocenters. The van der Waals surface area contributed by atoms with E-state index in [-0.39, 0.29) is 12.5 Å². The molecule has 100 valence electrons. The van der Waals surface area contributed by atoms with Gasteiger partial charge in [-0.25, -0.2) is 0 Å². The lowest BCUT2D eigenvalue weighted by Crippen LogP contribution is -2.20. The van der Waals surface area contributed by atoms with E-state index in [0.717, 1.165) is 11.3 Å². The lowest BCUT2D eigenvalue weighted by Gasteiger charge is -2.24. The number of hydrogen-bond acceptors (Lipinski definition) is 3. The van der Waals surface area contributed by atoms with Crippen molar-refractivity contribution in [3.8, 4) is 5.75 Å². The van der Waals surface area contributed by atoms with E-state index in [9.17, 15) is 4.79 Å². The fourth-order valence-electron chi connectivity index (χ4n) is 1.94. The van der Waals surface area contributed by atoms with Gasteiger partial charge in [-0.1, -0.05) is 12.1 Å². The fraction of sp³-hybridized carbons (Fsp3) is 0.500. The summed E-state index contributed by atoms with van der Waals surface area (Å²) < 4.78 is 5.39. The summed E-state index contributed by atoms with van der Waals surface area (Å²) in [5.74, 6) is 0.0878. The quantitative estimate of drug-likeness (QED) is 0.809. The predicted molar refractivity (Wildman–Crippen MR) is 70.9 cm³/mol. The highest BCUT2D eigenvalue weighted by Gasteiger charge is 2.15. The average molecular weight is 251 g/mol. The highest BCUT2D eigenvalue weighted by molar-refractivity contribution is 5.66. The molecule has 0 fully saturated rings. The topological polar surface area (TPSA) is 49.8 Å². The average Bonchev–Trinajstić information content (AvgIpc) is 2.31. The Balaban J connectivity index is 2.75. The van der Waals surface area contributed by atoms with Crippen LogP contribution in [0.15, 0.2) is 24.3 Å². The van der Waals surface area contributed by atoms with Crippen LogP contribution in [0.1, 0.15) is 31.4 Å². The monoisotopic (exact) mass is 251 g/mol. The summed E-state index contributed by atoms with van der Waals surface area (Å²) in [6.07, 6.45) is 0.784. The molecule has 1 rings (SSSR count). The number of aliphatic carboxylic acids is 1. The minimum absolute atomic E-state index is 0.122. The zero-order chi connectivity index (χ0) is 13.5. The highest BCUT2D eigenvalue weighted by atomic mass is 16.5. The molecule has 0 aliphatic rings. The molecule has 0 aromatic heterocycles. The smallest absolute Gasteiger partial charge is 0.303 e. The molecule has 0 aliphatic heterocycles. The maximum Gasteiger partial charge on any atom is 0.303 e. The molecule has 0 radical (unpaired) electrons. The number of hydrogen-bond donors (Lipinski definition) is 1. The normalized spacial score (nSPS) is 12.4. The third-order valence-corrected chi connectivity index (χ3v) is 2.83. The molecule has 18 heavy (non-hydrogen) atoms. The fourth-order valence-corrected chi connectivity index (χ4v) is 1.94. The van der Waals surface area contributed by atoms with Gasteiger partial charge in [-0.15, -0.1) is 0 Å². The molecule has 1 N–H and O–H groups in total. The number of nitrogens with zero attached hydrogens (tertiary/aromatic N) is 1. The number of rotatable bonds is 7. The van der Waals surface area contributed by atoms with Crippen molar-refractivity contribution in [3.05, 3.63) is 29.8 Å². The van der Waals surface area contributed by atoms with Crippen LogP contribution in [0.4, 0.5) is 0 Å². The first-order chi connectivity index (χ1) is 8.54. The molecule has 1 aromatic rings. The zero-order valence-corrected chi connectivity index (χ0v) is 11.2. The van der Waals surface area contributed by atoms with E-state index in [4.69, 9.17) is 9.84 Å². The first kappa shape index (κ1) is 14.5. The van der Waals surface area contributed by atoms with Gasteiger partial charge >= 0.3 is 5.97 Å². The maximum atomic E-state index is 10.7. The molecule has 4 heteroatoms. The Morgan fingerprint density at radius 1 is 1.33 bits per heavy atom. The van der Waals surface area contributed by atoms with Gasteiger partial charge in [0.05, 0.1) is 6.61 Å². The van der Waals surface area contributed by atoms with Gasteiger partial charge in [-0.3, -0.25) is 4.79 Å². The van der Waals surface area contributed by atoms with Crippen molar-refractivity contribution in [2.24, 2.45) is 0 Å². The van der Waals surface area contributed by atoms with Crippen LogP contribution in [0.3, 0.4) is 0 Å². The zero-order valence-electron chi connectivity index (χ0n) is 11.2. The van der Waals surface area contributed by atoms with Crippen molar-refractivity contribution in [2.45, 2.75) is 25.8 Å². The van der Waals surface area contributed by atoms with Gasteiger partial charge in [0, 0.05) is 12.5 Å². The summed E-state index contributed by atoms with van der Waals surface area (Å²) in [5.41, 5.74) is 1.12. The maximum absolute atomic E-state index is 10.7. The summed E-state index contributed by atoms with van der Waals surface area (Å²) in [5, 5.41) is 8.77. The molecule has 0 bridgehead atoms. The molecular weight excluding hydrogens is 230 g/mol. The Kier molecular flexibility index (Phi) is 5.65. The van der Waals surface area contributed by atoms with Crippen molar-refractivity contribution < 1.29 is 14.6 Å². The highest BCUT2D eigenvalue weighted by Crippen LogP contribution is 2.25. The second-order valence-corrected chi connectivity index (χ2v) is 4.41. The van der Waals surface area contributed by atoms with E-state index in [1.54, 1.807) is 0 Å². The van der Waals surface area contributed by atoms with E-state index < -0.39 is 5.97 Å². The van der Waals surface area contributed by atoms with Gasteiger partial charge < -0.3 is 14.7 Å². The van der Waals surface area contributed by atoms with Crippen LogP contribution in [0.25, 0.3) is 0 Å². The summed E-state index contributed by atoms with van der Waals surface area (Å²) in [4.78, 5) is 12.7. The Bertz CT molecular complexity index is 373. The molecule has 4 nitrogen and oxygen atoms in total. The largest absolute Gasteiger partial charge is 0.494 e. The van der Waals surface area contributed by atoms with Gasteiger partial charge in [-0.2, -0.15) is 0 Å². The molecule has 0 aliphatic carbocycles. The molecule has 1 unspecified atom stereocenters. The summed E-state index contributed by atoms with van der Waals surface area (Å²) in [7, 11) is 3.92. The molecule has 0 heterocycles. The van der Waals surface area contributed by atoms with Crippen LogP contribution in [0.5, 0.6) is 5.75 Å². The van der Waals surface area contributed by atoms with Crippen LogP contribution >= 0.6 is 0 Å². The molecule has 1 aromatic carbocycles. The third-order valence-electron chi connectivity index (χ3n) is 2.83. The van der Waals surface area contributed by atoms with Gasteiger partial charge in [0.1, 0.15) is 5.75 Å². The standard InChI is InChI=1S/C14H21NO3/c1-4-18-12-7-5-11(6-8-12)13(15(2)3)9-10-14(16)17/h5-8,13H,4,9-10H2,1-3H3,(H,16,17). The van der Waals surface area contributed by atoms with Crippen LogP contribution < -0.4 is 4.74 Å². The van der Waals surface area contributed by atoms with Gasteiger partial charge in [0.15, 0.2) is 0 Å². The molecule has 0 saturated carbocycles.